The number of benzene rings is 1. The van der Waals surface area contributed by atoms with E-state index in [0.29, 0.717) is 12.8 Å². The fraction of sp³-hybridized carbons (Fsp3) is 0.318. The molecule has 2 heterocycles. The van der Waals surface area contributed by atoms with Crippen LogP contribution in [0.15, 0.2) is 42.0 Å². The van der Waals surface area contributed by atoms with Gasteiger partial charge in [-0.25, -0.2) is 17.8 Å². The first-order chi connectivity index (χ1) is 16.3. The lowest BCUT2D eigenvalue weighted by atomic mass is 9.88. The van der Waals surface area contributed by atoms with Crippen LogP contribution in [-0.2, 0) is 26.4 Å². The Bertz CT molecular complexity index is 1380. The first-order valence-electron chi connectivity index (χ1n) is 10.4. The third kappa shape index (κ3) is 5.45. The highest BCUT2D eigenvalue weighted by Crippen LogP contribution is 2.39. The number of hydrogen-bond donors (Lipinski definition) is 2. The highest BCUT2D eigenvalue weighted by molar-refractivity contribution is 7.93. The van der Waals surface area contributed by atoms with Gasteiger partial charge >= 0.3 is 6.18 Å². The molecule has 1 aliphatic carbocycles. The fourth-order valence-corrected chi connectivity index (χ4v) is 5.70. The van der Waals surface area contributed by atoms with E-state index < -0.39 is 49.8 Å². The van der Waals surface area contributed by atoms with Gasteiger partial charge in [-0.05, 0) is 50.5 Å². The minimum atomic E-state index is -4.81. The van der Waals surface area contributed by atoms with E-state index in [-0.39, 0.29) is 22.0 Å². The van der Waals surface area contributed by atoms with E-state index in [9.17, 15) is 30.8 Å². The molecule has 0 unspecified atom stereocenters. The van der Waals surface area contributed by atoms with Crippen molar-refractivity contribution >= 4 is 38.1 Å². The molecule has 186 valence electrons. The molecule has 0 bridgehead atoms. The topological polar surface area (TPSA) is 101 Å². The van der Waals surface area contributed by atoms with Gasteiger partial charge in [0.1, 0.15) is 5.82 Å². The van der Waals surface area contributed by atoms with Crippen LogP contribution in [0.4, 0.5) is 28.4 Å². The third-order valence-electron chi connectivity index (χ3n) is 5.52. The summed E-state index contributed by atoms with van der Waals surface area (Å²) in [7, 11) is -3.55. The Morgan fingerprint density at radius 3 is 2.46 bits per heavy atom. The van der Waals surface area contributed by atoms with Crippen LogP contribution in [0.3, 0.4) is 0 Å². The van der Waals surface area contributed by atoms with E-state index in [2.05, 4.69) is 20.0 Å². The maximum Gasteiger partial charge on any atom is 0.418 e. The summed E-state index contributed by atoms with van der Waals surface area (Å²) >= 11 is 0.982. The zero-order valence-electron chi connectivity index (χ0n) is 18.5. The van der Waals surface area contributed by atoms with Crippen molar-refractivity contribution in [1.29, 1.82) is 0 Å². The molecule has 4 rings (SSSR count). The Hall–Kier alpha value is -3.06. The minimum absolute atomic E-state index is 0.0775. The van der Waals surface area contributed by atoms with Gasteiger partial charge in [-0.3, -0.25) is 14.5 Å². The predicted octanol–water partition coefficient (Wildman–Crippen LogP) is 5.18. The number of nitrogens with one attached hydrogen (secondary N) is 2. The standard InChI is InChI=1S/C22H20F4N4O3S2/c1-21(2,18-11-34-20(29-18)30-35(32,33)15-4-5-15)19(31)28-17-6-3-12(8-16(17)22(24,25)26)13-7-14(23)10-27-9-13/h3,6-11,15H,4-5H2,1-2H3,(H,28,31)(H,29,30). The van der Waals surface area contributed by atoms with Gasteiger partial charge in [-0.2, -0.15) is 13.2 Å². The van der Waals surface area contributed by atoms with E-state index in [0.717, 1.165) is 35.7 Å². The number of thiazole rings is 1. The van der Waals surface area contributed by atoms with Crippen LogP contribution < -0.4 is 10.0 Å². The molecule has 0 atom stereocenters. The van der Waals surface area contributed by atoms with Crippen LogP contribution in [0.5, 0.6) is 0 Å². The SMILES string of the molecule is CC(C)(C(=O)Nc1ccc(-c2cncc(F)c2)cc1C(F)(F)F)c1csc(NS(=O)(=O)C2CC2)n1. The Morgan fingerprint density at radius 1 is 1.11 bits per heavy atom. The van der Waals surface area contributed by atoms with Crippen molar-refractivity contribution in [2.75, 3.05) is 10.0 Å². The number of amides is 1. The monoisotopic (exact) mass is 528 g/mol. The second-order valence-electron chi connectivity index (χ2n) is 8.61. The lowest BCUT2D eigenvalue weighted by molar-refractivity contribution is -0.137. The molecule has 1 aliphatic rings. The van der Waals surface area contributed by atoms with Gasteiger partial charge in [0.05, 0.1) is 33.8 Å². The van der Waals surface area contributed by atoms with Crippen LogP contribution in [0.2, 0.25) is 0 Å². The molecule has 0 saturated heterocycles. The van der Waals surface area contributed by atoms with Crippen molar-refractivity contribution < 1.29 is 30.8 Å². The molecule has 3 aromatic rings. The molecule has 35 heavy (non-hydrogen) atoms. The molecular weight excluding hydrogens is 508 g/mol. The molecule has 0 radical (unpaired) electrons. The highest BCUT2D eigenvalue weighted by atomic mass is 32.2. The summed E-state index contributed by atoms with van der Waals surface area (Å²) in [4.78, 5) is 20.8. The summed E-state index contributed by atoms with van der Waals surface area (Å²) in [6, 6.07) is 4.28. The Labute approximate surface area is 202 Å². The van der Waals surface area contributed by atoms with Crippen molar-refractivity contribution in [3.63, 3.8) is 0 Å². The number of pyridine rings is 1. The van der Waals surface area contributed by atoms with E-state index in [4.69, 9.17) is 0 Å². The number of aromatic nitrogens is 2. The zero-order valence-corrected chi connectivity index (χ0v) is 20.1. The summed E-state index contributed by atoms with van der Waals surface area (Å²) < 4.78 is 81.5. The van der Waals surface area contributed by atoms with Gasteiger partial charge in [0.2, 0.25) is 15.9 Å². The second-order valence-corrected chi connectivity index (χ2v) is 11.4. The molecule has 1 amide bonds. The number of halogens is 4. The van der Waals surface area contributed by atoms with Gasteiger partial charge < -0.3 is 5.32 Å². The van der Waals surface area contributed by atoms with E-state index in [1.165, 1.54) is 31.5 Å². The molecule has 0 aliphatic heterocycles. The average Bonchev–Trinajstić information content (AvgIpc) is 3.53. The minimum Gasteiger partial charge on any atom is -0.325 e. The van der Waals surface area contributed by atoms with Gasteiger partial charge in [-0.1, -0.05) is 6.07 Å². The summed E-state index contributed by atoms with van der Waals surface area (Å²) in [5, 5.41) is 3.41. The number of hydrogen-bond acceptors (Lipinski definition) is 6. The maximum absolute atomic E-state index is 13.8. The Balaban J connectivity index is 1.59. The highest BCUT2D eigenvalue weighted by Gasteiger charge is 2.39. The van der Waals surface area contributed by atoms with E-state index in [1.54, 1.807) is 0 Å². The number of anilines is 2. The van der Waals surface area contributed by atoms with Crippen molar-refractivity contribution in [2.24, 2.45) is 0 Å². The molecule has 1 aromatic carbocycles. The fourth-order valence-electron chi connectivity index (χ4n) is 3.22. The number of carbonyl (C=O) groups excluding carboxylic acids is 1. The second kappa shape index (κ2) is 8.86. The van der Waals surface area contributed by atoms with Gasteiger partial charge in [-0.15, -0.1) is 11.3 Å². The quantitative estimate of drug-likeness (QED) is 0.412. The Kier molecular flexibility index (Phi) is 6.34. The molecule has 13 heteroatoms. The van der Waals surface area contributed by atoms with Crippen LogP contribution in [0.25, 0.3) is 11.1 Å². The van der Waals surface area contributed by atoms with Gasteiger partial charge in [0.25, 0.3) is 0 Å². The predicted molar refractivity (Wildman–Crippen MR) is 124 cm³/mol. The van der Waals surface area contributed by atoms with Crippen LogP contribution in [-0.4, -0.2) is 29.5 Å². The van der Waals surface area contributed by atoms with Crippen molar-refractivity contribution in [3.8, 4) is 11.1 Å². The average molecular weight is 529 g/mol. The van der Waals surface area contributed by atoms with Crippen molar-refractivity contribution in [1.82, 2.24) is 9.97 Å². The Morgan fingerprint density at radius 2 is 1.83 bits per heavy atom. The van der Waals surface area contributed by atoms with E-state index >= 15 is 0 Å². The van der Waals surface area contributed by atoms with Crippen LogP contribution >= 0.6 is 11.3 Å². The van der Waals surface area contributed by atoms with Crippen LogP contribution in [0, 0.1) is 5.82 Å². The normalized spacial score (nSPS) is 14.6. The van der Waals surface area contributed by atoms with Gasteiger partial charge in [0.15, 0.2) is 5.13 Å². The lowest BCUT2D eigenvalue weighted by Gasteiger charge is -2.23. The van der Waals surface area contributed by atoms with E-state index in [1.807, 2.05) is 0 Å². The maximum atomic E-state index is 13.8. The number of carbonyl (C=O) groups is 1. The summed E-state index contributed by atoms with van der Waals surface area (Å²) in [5.41, 5.74) is -2.54. The summed E-state index contributed by atoms with van der Waals surface area (Å²) in [6.07, 6.45) is -1.50. The number of nitrogens with zero attached hydrogens (tertiary/aromatic N) is 2. The van der Waals surface area contributed by atoms with Crippen molar-refractivity contribution in [3.05, 3.63) is 59.1 Å². The molecule has 1 fully saturated rings. The number of rotatable bonds is 7. The molecule has 7 nitrogen and oxygen atoms in total. The number of alkyl halides is 3. The summed E-state index contributed by atoms with van der Waals surface area (Å²) in [6.45, 7) is 2.94. The van der Waals surface area contributed by atoms with Gasteiger partial charge in [0, 0.05) is 17.1 Å². The largest absolute Gasteiger partial charge is 0.418 e. The number of sulfonamides is 1. The summed E-state index contributed by atoms with van der Waals surface area (Å²) in [5.74, 6) is -1.47. The van der Waals surface area contributed by atoms with Crippen molar-refractivity contribution in [2.45, 2.75) is 43.5 Å². The molecular formula is C22H20F4N4O3S2. The molecule has 2 aromatic heterocycles. The lowest BCUT2D eigenvalue weighted by Crippen LogP contribution is -2.35. The zero-order chi connectivity index (χ0) is 25.6. The molecule has 1 saturated carbocycles. The van der Waals surface area contributed by atoms with Crippen LogP contribution in [0.1, 0.15) is 37.9 Å². The first kappa shape index (κ1) is 25.0. The molecule has 2 N–H and O–H groups in total. The smallest absolute Gasteiger partial charge is 0.325 e. The molecule has 0 spiro atoms. The first-order valence-corrected chi connectivity index (χ1v) is 12.8. The third-order valence-corrected chi connectivity index (χ3v) is 8.23.